The quantitative estimate of drug-likeness (QED) is 0.336. The number of hydrogen-bond acceptors (Lipinski definition) is 2. The van der Waals surface area contributed by atoms with E-state index in [2.05, 4.69) is 82.7 Å². The minimum atomic E-state index is 0.640. The molecule has 0 aliphatic carbocycles. The van der Waals surface area contributed by atoms with Gasteiger partial charge in [0.05, 0.1) is 0 Å². The van der Waals surface area contributed by atoms with E-state index in [1.165, 1.54) is 22.3 Å². The lowest BCUT2D eigenvalue weighted by atomic mass is 10.0. The molecule has 3 heteroatoms. The molecule has 4 aromatic carbocycles. The first-order valence-electron chi connectivity index (χ1n) is 10.3. The van der Waals surface area contributed by atoms with Crippen molar-refractivity contribution in [1.29, 1.82) is 0 Å². The van der Waals surface area contributed by atoms with Crippen molar-refractivity contribution in [3.05, 3.63) is 136 Å². The van der Waals surface area contributed by atoms with Gasteiger partial charge in [0, 0.05) is 16.7 Å². The van der Waals surface area contributed by atoms with Crippen LogP contribution in [0.25, 0.3) is 16.8 Å². The van der Waals surface area contributed by atoms with E-state index in [-0.39, 0.29) is 0 Å². The van der Waals surface area contributed by atoms with Crippen LogP contribution < -0.4 is 11.5 Å². The van der Waals surface area contributed by atoms with Gasteiger partial charge in [-0.2, -0.15) is 0 Å². The fourth-order valence-electron chi connectivity index (χ4n) is 3.07. The minimum Gasteiger partial charge on any atom is -0.398 e. The Balaban J connectivity index is 0.000000287. The number of nitrogens with two attached hydrogens (primary N) is 2. The molecule has 156 valence electrons. The number of benzene rings is 4. The van der Waals surface area contributed by atoms with Crippen LogP contribution in [0.4, 0.5) is 0 Å². The third-order valence-corrected chi connectivity index (χ3v) is 5.40. The van der Waals surface area contributed by atoms with E-state index in [0.29, 0.717) is 6.54 Å². The average molecular weight is 471 g/mol. The molecule has 0 aliphatic rings. The zero-order valence-corrected chi connectivity index (χ0v) is 19.0. The summed E-state index contributed by atoms with van der Waals surface area (Å²) in [7, 11) is 0. The van der Waals surface area contributed by atoms with E-state index in [1.807, 2.05) is 48.5 Å². The Morgan fingerprint density at radius 3 is 1.74 bits per heavy atom. The molecule has 0 saturated carbocycles. The van der Waals surface area contributed by atoms with Crippen molar-refractivity contribution in [2.24, 2.45) is 11.5 Å². The van der Waals surface area contributed by atoms with Crippen LogP contribution in [0, 0.1) is 0 Å². The Morgan fingerprint density at radius 1 is 0.645 bits per heavy atom. The second-order valence-corrected chi connectivity index (χ2v) is 8.04. The van der Waals surface area contributed by atoms with Crippen molar-refractivity contribution in [2.45, 2.75) is 13.0 Å². The van der Waals surface area contributed by atoms with Gasteiger partial charge in [0.2, 0.25) is 0 Å². The largest absolute Gasteiger partial charge is 0.398 e. The van der Waals surface area contributed by atoms with Gasteiger partial charge in [0.1, 0.15) is 0 Å². The van der Waals surface area contributed by atoms with Gasteiger partial charge in [-0.3, -0.25) is 0 Å². The molecule has 0 aromatic heterocycles. The maximum absolute atomic E-state index is 6.21. The minimum absolute atomic E-state index is 0.640. The van der Waals surface area contributed by atoms with Gasteiger partial charge in [-0.1, -0.05) is 119 Å². The molecule has 4 aromatic rings. The summed E-state index contributed by atoms with van der Waals surface area (Å²) in [6.45, 7) is 0.640. The van der Waals surface area contributed by atoms with Crippen molar-refractivity contribution >= 4 is 21.6 Å². The molecule has 0 fully saturated rings. The number of allylic oxidation sites excluding steroid dienone is 1. The standard InChI is InChI=1S/C21H18BrN.C7H9N/c22-20-13-6-16(7-14-20)8-15-21(23)19-11-9-18(10-12-19)17-4-2-1-3-5-17;8-6-7-4-2-1-3-5-7/h1-7,9-15H,8,23H2;1-5H,6,8H2/b21-15-;. The number of hydrogen-bond donors (Lipinski definition) is 2. The maximum Gasteiger partial charge on any atom is 0.0350 e. The predicted octanol–water partition coefficient (Wildman–Crippen LogP) is 6.80. The fourth-order valence-corrected chi connectivity index (χ4v) is 3.33. The summed E-state index contributed by atoms with van der Waals surface area (Å²) in [6.07, 6.45) is 2.90. The molecule has 2 nitrogen and oxygen atoms in total. The monoisotopic (exact) mass is 470 g/mol. The third kappa shape index (κ3) is 7.25. The van der Waals surface area contributed by atoms with Crippen LogP contribution in [0.2, 0.25) is 0 Å². The summed E-state index contributed by atoms with van der Waals surface area (Å²) >= 11 is 3.45. The van der Waals surface area contributed by atoms with Gasteiger partial charge in [0.25, 0.3) is 0 Å². The molecule has 31 heavy (non-hydrogen) atoms. The Kier molecular flexibility index (Phi) is 8.65. The predicted molar refractivity (Wildman–Crippen MR) is 136 cm³/mol. The van der Waals surface area contributed by atoms with Crippen LogP contribution in [-0.4, -0.2) is 0 Å². The van der Waals surface area contributed by atoms with Gasteiger partial charge in [-0.25, -0.2) is 0 Å². The van der Waals surface area contributed by atoms with Crippen LogP contribution in [0.15, 0.2) is 120 Å². The lowest BCUT2D eigenvalue weighted by Crippen LogP contribution is -1.97. The highest BCUT2D eigenvalue weighted by atomic mass is 79.9. The first-order valence-corrected chi connectivity index (χ1v) is 11.0. The van der Waals surface area contributed by atoms with Gasteiger partial charge in [0.15, 0.2) is 0 Å². The van der Waals surface area contributed by atoms with Gasteiger partial charge in [-0.15, -0.1) is 0 Å². The zero-order valence-electron chi connectivity index (χ0n) is 17.4. The summed E-state index contributed by atoms with van der Waals surface area (Å²) in [5, 5.41) is 0. The molecule has 0 bridgehead atoms. The van der Waals surface area contributed by atoms with E-state index in [0.717, 1.165) is 22.2 Å². The summed E-state index contributed by atoms with van der Waals surface area (Å²) in [6, 6.07) is 37.0. The number of rotatable bonds is 5. The average Bonchev–Trinajstić information content (AvgIpc) is 2.85. The van der Waals surface area contributed by atoms with Crippen LogP contribution in [0.1, 0.15) is 16.7 Å². The molecule has 0 saturated heterocycles. The molecule has 0 heterocycles. The molecular weight excluding hydrogens is 444 g/mol. The van der Waals surface area contributed by atoms with Crippen molar-refractivity contribution < 1.29 is 0 Å². The van der Waals surface area contributed by atoms with E-state index in [4.69, 9.17) is 11.5 Å². The van der Waals surface area contributed by atoms with Crippen LogP contribution in [0.3, 0.4) is 0 Å². The molecule has 4 N–H and O–H groups in total. The summed E-state index contributed by atoms with van der Waals surface area (Å²) in [5.74, 6) is 0. The van der Waals surface area contributed by atoms with E-state index in [9.17, 15) is 0 Å². The first-order chi connectivity index (χ1) is 15.2. The maximum atomic E-state index is 6.21. The van der Waals surface area contributed by atoms with Gasteiger partial charge >= 0.3 is 0 Å². The van der Waals surface area contributed by atoms with Crippen molar-refractivity contribution in [3.63, 3.8) is 0 Å². The highest BCUT2D eigenvalue weighted by Gasteiger charge is 2.00. The second-order valence-electron chi connectivity index (χ2n) is 7.12. The smallest absolute Gasteiger partial charge is 0.0350 e. The molecule has 0 radical (unpaired) electrons. The van der Waals surface area contributed by atoms with Gasteiger partial charge < -0.3 is 11.5 Å². The summed E-state index contributed by atoms with van der Waals surface area (Å²) in [4.78, 5) is 0. The Hall–Kier alpha value is -3.14. The summed E-state index contributed by atoms with van der Waals surface area (Å²) < 4.78 is 1.09. The second kappa shape index (κ2) is 11.9. The molecule has 0 atom stereocenters. The fraction of sp³-hybridized carbons (Fsp3) is 0.0714. The SMILES string of the molecule is N/C(=C\Cc1ccc(Br)cc1)c1ccc(-c2ccccc2)cc1.NCc1ccccc1. The van der Waals surface area contributed by atoms with E-state index in [1.54, 1.807) is 0 Å². The molecule has 4 rings (SSSR count). The summed E-state index contributed by atoms with van der Waals surface area (Å²) in [5.41, 5.74) is 18.3. The zero-order chi connectivity index (χ0) is 21.9. The normalized spacial score (nSPS) is 10.8. The van der Waals surface area contributed by atoms with Crippen LogP contribution in [0.5, 0.6) is 0 Å². The Morgan fingerprint density at radius 2 is 1.19 bits per heavy atom. The third-order valence-electron chi connectivity index (χ3n) is 4.87. The molecule has 0 unspecified atom stereocenters. The Bertz CT molecular complexity index is 1070. The van der Waals surface area contributed by atoms with Crippen LogP contribution >= 0.6 is 15.9 Å². The van der Waals surface area contributed by atoms with Crippen LogP contribution in [-0.2, 0) is 13.0 Å². The molecular formula is C28H27BrN2. The molecule has 0 spiro atoms. The van der Waals surface area contributed by atoms with E-state index >= 15 is 0 Å². The topological polar surface area (TPSA) is 52.0 Å². The lowest BCUT2D eigenvalue weighted by Gasteiger charge is -2.05. The van der Waals surface area contributed by atoms with Crippen molar-refractivity contribution in [1.82, 2.24) is 0 Å². The highest BCUT2D eigenvalue weighted by molar-refractivity contribution is 9.10. The number of halogens is 1. The van der Waals surface area contributed by atoms with Gasteiger partial charge in [-0.05, 0) is 46.4 Å². The Labute approximate surface area is 193 Å². The lowest BCUT2D eigenvalue weighted by molar-refractivity contribution is 1.07. The first kappa shape index (κ1) is 22.5. The van der Waals surface area contributed by atoms with E-state index < -0.39 is 0 Å². The highest BCUT2D eigenvalue weighted by Crippen LogP contribution is 2.21. The van der Waals surface area contributed by atoms with Crippen molar-refractivity contribution in [3.8, 4) is 11.1 Å². The molecule has 0 aliphatic heterocycles. The molecule has 0 amide bonds. The van der Waals surface area contributed by atoms with Crippen molar-refractivity contribution in [2.75, 3.05) is 0 Å².